The van der Waals surface area contributed by atoms with Crippen LogP contribution >= 0.6 is 46.4 Å². The minimum absolute atomic E-state index is 0.441. The minimum Gasteiger partial charge on any atom is -0.493 e. The van der Waals surface area contributed by atoms with Crippen LogP contribution in [0.1, 0.15) is 163 Å². The smallest absolute Gasteiger partial charge is 0.144 e. The summed E-state index contributed by atoms with van der Waals surface area (Å²) in [6, 6.07) is 45.4. The number of anilines is 1. The van der Waals surface area contributed by atoms with Crippen LogP contribution in [-0.2, 0) is 12.8 Å². The van der Waals surface area contributed by atoms with Crippen LogP contribution in [0, 0.1) is 0 Å². The second-order valence-electron chi connectivity index (χ2n) is 21.2. The highest BCUT2D eigenvalue weighted by atomic mass is 35.5. The van der Waals surface area contributed by atoms with Crippen molar-refractivity contribution >= 4 is 73.8 Å². The Labute approximate surface area is 474 Å². The molecule has 1 N–H and O–H groups in total. The number of fused-ring (bicyclic) bond motifs is 1. The first-order chi connectivity index (χ1) is 36.4. The van der Waals surface area contributed by atoms with E-state index in [9.17, 15) is 0 Å². The van der Waals surface area contributed by atoms with Crippen LogP contribution in [0.2, 0.25) is 20.1 Å². The zero-order chi connectivity index (χ0) is 55.1. The van der Waals surface area contributed by atoms with Gasteiger partial charge in [0.2, 0.25) is 0 Å². The van der Waals surface area contributed by atoms with E-state index in [0.717, 1.165) is 81.7 Å². The standard InChI is InChI=1S/C15H16O.C14H15NO.C11H14ClNO.C9H10Cl2.C9H11Cl.C9H12/c1-10(2)12-6-7-14-15-11(8-9-16-14)4-3-5-13(12)15;1-9(2)11-3-4-12-13-10(6-8-16-12)5-7-15-14(11)13;1-7(2)8-3-4-9-11(10(8)12)13-5-6-14-9;1-6(2)8-4-3-7(10)5-9(8)11;1-7(2)8-3-5-9(10)6-4-8;1-8(2)9-6-4-3-5-7-9/h3-7,10H,8-9H2,1-2H3;3-5,7,9H,6,8H2,1-2H3;3-4,7,13H,5-6H2,1-2H3;3-6H,1-2H3;3-7H,1-2H3;3-8H,1-2H3. The van der Waals surface area contributed by atoms with Crippen molar-refractivity contribution in [1.82, 2.24) is 4.98 Å². The lowest BCUT2D eigenvalue weighted by atomic mass is 9.91. The quantitative estimate of drug-likeness (QED) is 0.180. The molecule has 3 aliphatic heterocycles. The van der Waals surface area contributed by atoms with Gasteiger partial charge in [-0.1, -0.05) is 214 Å². The van der Waals surface area contributed by atoms with E-state index in [-0.39, 0.29) is 0 Å². The van der Waals surface area contributed by atoms with Gasteiger partial charge in [-0.3, -0.25) is 4.98 Å². The average molecular weight is 1100 g/mol. The molecule has 5 nitrogen and oxygen atoms in total. The fourth-order valence-electron chi connectivity index (χ4n) is 9.26. The van der Waals surface area contributed by atoms with Gasteiger partial charge >= 0.3 is 0 Å². The number of halogens is 4. The summed E-state index contributed by atoms with van der Waals surface area (Å²) in [4.78, 5) is 4.53. The van der Waals surface area contributed by atoms with Crippen LogP contribution in [0.3, 0.4) is 0 Å². The summed E-state index contributed by atoms with van der Waals surface area (Å²) < 4.78 is 16.9. The highest BCUT2D eigenvalue weighted by Gasteiger charge is 2.20. The summed E-state index contributed by atoms with van der Waals surface area (Å²) in [7, 11) is 0. The average Bonchev–Trinajstić information content (AvgIpc) is 3.42. The lowest BCUT2D eigenvalue weighted by molar-refractivity contribution is 0.318. The number of ether oxygens (including phenoxy) is 3. The van der Waals surface area contributed by atoms with E-state index in [1.54, 1.807) is 6.07 Å². The van der Waals surface area contributed by atoms with Crippen molar-refractivity contribution in [2.24, 2.45) is 0 Å². The van der Waals surface area contributed by atoms with Gasteiger partial charge in [0.05, 0.1) is 29.4 Å². The van der Waals surface area contributed by atoms with Crippen molar-refractivity contribution in [3.05, 3.63) is 204 Å². The number of hydrogen-bond acceptors (Lipinski definition) is 5. The SMILES string of the molecule is CC(C)c1ccc(Cl)cc1.CC(C)c1ccc(Cl)cc1Cl.CC(C)c1ccc2c(c1Cl)NCCO2.CC(C)c1ccc2c3c(cccc13)CCO2.CC(C)c1ccc2c3c(ccnc13)CCO2.CC(C)c1ccccc1. The zero-order valence-electron chi connectivity index (χ0n) is 46.7. The first-order valence-corrected chi connectivity index (χ1v) is 28.5. The van der Waals surface area contributed by atoms with Gasteiger partial charge in [-0.05, 0) is 134 Å². The van der Waals surface area contributed by atoms with Gasteiger partial charge in [-0.25, -0.2) is 0 Å². The maximum absolute atomic E-state index is 6.28. The molecular formula is C67H78Cl4N2O3. The molecule has 0 fully saturated rings. The third-order valence-corrected chi connectivity index (χ3v) is 14.8. The highest BCUT2D eigenvalue weighted by molar-refractivity contribution is 6.35. The highest BCUT2D eigenvalue weighted by Crippen LogP contribution is 2.40. The van der Waals surface area contributed by atoms with Gasteiger partial charge < -0.3 is 19.5 Å². The molecule has 0 unspecified atom stereocenters. The van der Waals surface area contributed by atoms with Gasteiger partial charge in [0.25, 0.3) is 0 Å². The van der Waals surface area contributed by atoms with Gasteiger partial charge in [0.1, 0.15) is 23.9 Å². The molecule has 0 saturated carbocycles. The van der Waals surface area contributed by atoms with E-state index in [2.05, 4.69) is 178 Å². The molecule has 0 atom stereocenters. The molecule has 8 aromatic rings. The second kappa shape index (κ2) is 28.8. The second-order valence-corrected chi connectivity index (χ2v) is 22.9. The normalized spacial score (nSPS) is 12.8. The van der Waals surface area contributed by atoms with Crippen LogP contribution in [-0.4, -0.2) is 31.3 Å². The van der Waals surface area contributed by atoms with E-state index < -0.39 is 0 Å². The fourth-order valence-corrected chi connectivity index (χ4v) is 10.5. The van der Waals surface area contributed by atoms with Gasteiger partial charge in [0, 0.05) is 51.4 Å². The van der Waals surface area contributed by atoms with Crippen molar-refractivity contribution in [2.75, 3.05) is 31.7 Å². The molecule has 0 spiro atoms. The molecule has 0 radical (unpaired) electrons. The van der Waals surface area contributed by atoms with Crippen LogP contribution in [0.25, 0.3) is 21.7 Å². The number of nitrogens with zero attached hydrogens (tertiary/aromatic N) is 1. The monoisotopic (exact) mass is 1100 g/mol. The number of nitrogens with one attached hydrogen (secondary N) is 1. The molecule has 0 amide bonds. The third kappa shape index (κ3) is 16.1. The zero-order valence-corrected chi connectivity index (χ0v) is 49.7. The van der Waals surface area contributed by atoms with Crippen molar-refractivity contribution < 1.29 is 14.2 Å². The number of benzene rings is 7. The molecule has 0 bridgehead atoms. The van der Waals surface area contributed by atoms with E-state index >= 15 is 0 Å². The Hall–Kier alpha value is -5.43. The molecule has 0 aliphatic carbocycles. The molecule has 4 heterocycles. The molecule has 0 saturated heterocycles. The fraction of sp³-hybridized carbons (Fsp3) is 0.358. The van der Waals surface area contributed by atoms with Crippen molar-refractivity contribution in [3.8, 4) is 17.2 Å². The summed E-state index contributed by atoms with van der Waals surface area (Å²) in [5, 5.41) is 10.3. The minimum atomic E-state index is 0.441. The summed E-state index contributed by atoms with van der Waals surface area (Å²) in [6.07, 6.45) is 3.94. The van der Waals surface area contributed by atoms with Crippen molar-refractivity contribution in [1.29, 1.82) is 0 Å². The Balaban J connectivity index is 0.000000150. The summed E-state index contributed by atoms with van der Waals surface area (Å²) >= 11 is 23.7. The maximum Gasteiger partial charge on any atom is 0.144 e. The Morgan fingerprint density at radius 2 is 0.947 bits per heavy atom. The van der Waals surface area contributed by atoms with E-state index in [1.807, 2.05) is 48.7 Å². The lowest BCUT2D eigenvalue weighted by Gasteiger charge is -2.22. The first-order valence-electron chi connectivity index (χ1n) is 27.0. The van der Waals surface area contributed by atoms with Crippen LogP contribution in [0.15, 0.2) is 140 Å². The lowest BCUT2D eigenvalue weighted by Crippen LogP contribution is -2.18. The van der Waals surface area contributed by atoms with Crippen LogP contribution in [0.5, 0.6) is 17.2 Å². The van der Waals surface area contributed by atoms with Crippen LogP contribution in [0.4, 0.5) is 5.69 Å². The van der Waals surface area contributed by atoms with E-state index in [4.69, 9.17) is 60.6 Å². The first kappa shape index (κ1) is 59.8. The maximum atomic E-state index is 6.28. The van der Waals surface area contributed by atoms with Gasteiger partial charge in [-0.2, -0.15) is 0 Å². The van der Waals surface area contributed by atoms with E-state index in [0.29, 0.717) is 47.1 Å². The molecule has 11 rings (SSSR count). The number of pyridine rings is 1. The molecule has 1 aromatic heterocycles. The predicted molar refractivity (Wildman–Crippen MR) is 328 cm³/mol. The summed E-state index contributed by atoms with van der Waals surface area (Å²) in [6.45, 7) is 29.3. The van der Waals surface area contributed by atoms with E-state index in [1.165, 1.54) is 55.1 Å². The van der Waals surface area contributed by atoms with Crippen molar-refractivity contribution in [2.45, 2.75) is 131 Å². The topological polar surface area (TPSA) is 52.6 Å². The number of aromatic nitrogens is 1. The molecule has 3 aliphatic rings. The largest absolute Gasteiger partial charge is 0.493 e. The Bertz CT molecular complexity index is 2990. The van der Waals surface area contributed by atoms with Crippen molar-refractivity contribution in [3.63, 3.8) is 0 Å². The number of hydrogen-bond donors (Lipinski definition) is 1. The Kier molecular flexibility index (Phi) is 22.7. The van der Waals surface area contributed by atoms with Gasteiger partial charge in [-0.15, -0.1) is 0 Å². The molecule has 7 aromatic carbocycles. The third-order valence-electron chi connectivity index (χ3n) is 13.6. The Morgan fingerprint density at radius 1 is 0.434 bits per heavy atom. The van der Waals surface area contributed by atoms with Crippen LogP contribution < -0.4 is 19.5 Å². The predicted octanol–water partition coefficient (Wildman–Crippen LogP) is 20.8. The number of rotatable bonds is 6. The summed E-state index contributed by atoms with van der Waals surface area (Å²) in [5.41, 5.74) is 12.7. The molecule has 76 heavy (non-hydrogen) atoms. The van der Waals surface area contributed by atoms with Gasteiger partial charge in [0.15, 0.2) is 0 Å². The summed E-state index contributed by atoms with van der Waals surface area (Å²) in [5.74, 6) is 6.13. The molecule has 9 heteroatoms. The molecule has 402 valence electrons. The molecular weight excluding hydrogens is 1020 g/mol. The Morgan fingerprint density at radius 3 is 1.53 bits per heavy atom.